The fourth-order valence-electron chi connectivity index (χ4n) is 2.28. The molecule has 0 unspecified atom stereocenters. The van der Waals surface area contributed by atoms with Gasteiger partial charge in [-0.05, 0) is 50.6 Å². The van der Waals surface area contributed by atoms with Crippen LogP contribution in [0.3, 0.4) is 0 Å². The average molecular weight is 347 g/mol. The van der Waals surface area contributed by atoms with Gasteiger partial charge in [-0.15, -0.1) is 5.10 Å². The molecule has 0 fully saturated rings. The molecule has 0 aliphatic rings. The van der Waals surface area contributed by atoms with Gasteiger partial charge in [0.15, 0.2) is 11.5 Å². The number of aromatic amines is 1. The van der Waals surface area contributed by atoms with Gasteiger partial charge in [-0.2, -0.15) is 10.2 Å². The predicted octanol–water partition coefficient (Wildman–Crippen LogP) is 2.17. The zero-order chi connectivity index (χ0) is 17.3. The van der Waals surface area contributed by atoms with Gasteiger partial charge >= 0.3 is 0 Å². The Morgan fingerprint density at radius 1 is 1.17 bits per heavy atom. The van der Waals surface area contributed by atoms with Gasteiger partial charge in [0.05, 0.1) is 22.6 Å². The Morgan fingerprint density at radius 3 is 2.54 bits per heavy atom. The Hall–Kier alpha value is -2.68. The molecule has 0 saturated heterocycles. The fraction of sp³-hybridized carbons (Fsp3) is 0.267. The van der Waals surface area contributed by atoms with Gasteiger partial charge in [-0.1, -0.05) is 0 Å². The first-order chi connectivity index (χ1) is 11.4. The molecule has 2 N–H and O–H groups in total. The van der Waals surface area contributed by atoms with Crippen LogP contribution in [0.4, 0.5) is 5.82 Å². The van der Waals surface area contributed by atoms with Crippen LogP contribution >= 0.6 is 0 Å². The molecule has 1 aromatic carbocycles. The minimum atomic E-state index is -3.77. The van der Waals surface area contributed by atoms with E-state index in [1.807, 2.05) is 13.8 Å². The SMILES string of the molecule is CCOc1ccc(S(=O)(=O)Nc2n[nH]c3nnc(C)c(C)c23)cc1. The molecule has 2 aromatic heterocycles. The summed E-state index contributed by atoms with van der Waals surface area (Å²) in [5.41, 5.74) is 1.96. The molecular weight excluding hydrogens is 330 g/mol. The number of nitrogens with zero attached hydrogens (tertiary/aromatic N) is 3. The van der Waals surface area contributed by atoms with Crippen molar-refractivity contribution < 1.29 is 13.2 Å². The van der Waals surface area contributed by atoms with E-state index in [4.69, 9.17) is 4.74 Å². The largest absolute Gasteiger partial charge is 0.494 e. The third-order valence-electron chi connectivity index (χ3n) is 3.64. The van der Waals surface area contributed by atoms with Gasteiger partial charge in [0.2, 0.25) is 0 Å². The number of hydrogen-bond donors (Lipinski definition) is 2. The second-order valence-corrected chi connectivity index (χ2v) is 6.90. The number of benzene rings is 1. The van der Waals surface area contributed by atoms with Gasteiger partial charge in [-0.25, -0.2) is 8.42 Å². The molecule has 0 aliphatic heterocycles. The molecule has 0 amide bonds. The van der Waals surface area contributed by atoms with Crippen molar-refractivity contribution in [2.24, 2.45) is 0 Å². The van der Waals surface area contributed by atoms with Crippen LogP contribution < -0.4 is 9.46 Å². The van der Waals surface area contributed by atoms with Crippen LogP contribution in [0.25, 0.3) is 11.0 Å². The number of fused-ring (bicyclic) bond motifs is 1. The van der Waals surface area contributed by atoms with E-state index >= 15 is 0 Å². The van der Waals surface area contributed by atoms with Crippen LogP contribution in [0.2, 0.25) is 0 Å². The van der Waals surface area contributed by atoms with Gasteiger partial charge in [0.25, 0.3) is 10.0 Å². The van der Waals surface area contributed by atoms with E-state index in [0.717, 1.165) is 5.56 Å². The number of hydrogen-bond acceptors (Lipinski definition) is 6. The van der Waals surface area contributed by atoms with Crippen LogP contribution in [0.1, 0.15) is 18.2 Å². The molecule has 8 nitrogen and oxygen atoms in total. The third kappa shape index (κ3) is 2.90. The van der Waals surface area contributed by atoms with Crippen molar-refractivity contribution in [3.63, 3.8) is 0 Å². The fourth-order valence-corrected chi connectivity index (χ4v) is 3.30. The van der Waals surface area contributed by atoms with E-state index in [9.17, 15) is 8.42 Å². The lowest BCUT2D eigenvalue weighted by Gasteiger charge is -2.08. The lowest BCUT2D eigenvalue weighted by molar-refractivity contribution is 0.340. The second kappa shape index (κ2) is 6.08. The molecule has 2 heterocycles. The van der Waals surface area contributed by atoms with E-state index in [-0.39, 0.29) is 10.7 Å². The van der Waals surface area contributed by atoms with Gasteiger partial charge in [0.1, 0.15) is 5.75 Å². The van der Waals surface area contributed by atoms with Gasteiger partial charge < -0.3 is 4.74 Å². The molecule has 0 saturated carbocycles. The molecule has 126 valence electrons. The summed E-state index contributed by atoms with van der Waals surface area (Å²) in [7, 11) is -3.77. The highest BCUT2D eigenvalue weighted by Gasteiger charge is 2.19. The Kier molecular flexibility index (Phi) is 4.10. The van der Waals surface area contributed by atoms with E-state index in [0.29, 0.717) is 29.1 Å². The number of rotatable bonds is 5. The summed E-state index contributed by atoms with van der Waals surface area (Å²) in [6.07, 6.45) is 0. The summed E-state index contributed by atoms with van der Waals surface area (Å²) in [4.78, 5) is 0.124. The minimum Gasteiger partial charge on any atom is -0.494 e. The first kappa shape index (κ1) is 16.2. The molecule has 0 bridgehead atoms. The standard InChI is InChI=1S/C15H17N5O3S/c1-4-23-11-5-7-12(8-6-11)24(21,22)20-15-13-9(2)10(3)16-17-14(13)18-19-15/h5-8H,4H2,1-3H3,(H2,17,18,19,20). The molecule has 9 heteroatoms. The Labute approximate surface area is 139 Å². The lowest BCUT2D eigenvalue weighted by atomic mass is 10.2. The summed E-state index contributed by atoms with van der Waals surface area (Å²) >= 11 is 0. The smallest absolute Gasteiger partial charge is 0.263 e. The Morgan fingerprint density at radius 2 is 1.88 bits per heavy atom. The topological polar surface area (TPSA) is 110 Å². The second-order valence-electron chi connectivity index (χ2n) is 5.22. The Bertz CT molecular complexity index is 980. The number of H-pyrrole nitrogens is 1. The van der Waals surface area contributed by atoms with Crippen LogP contribution in [-0.2, 0) is 10.0 Å². The molecular formula is C15H17N5O3S. The number of aryl methyl sites for hydroxylation is 2. The Balaban J connectivity index is 1.96. The molecule has 0 aliphatic carbocycles. The summed E-state index contributed by atoms with van der Waals surface area (Å²) in [6.45, 7) is 6.03. The molecule has 0 atom stereocenters. The van der Waals surface area contributed by atoms with Crippen LogP contribution in [0.15, 0.2) is 29.2 Å². The molecule has 0 radical (unpaired) electrons. The first-order valence-electron chi connectivity index (χ1n) is 7.36. The summed E-state index contributed by atoms with van der Waals surface area (Å²) in [5, 5.41) is 15.3. The van der Waals surface area contributed by atoms with E-state index in [1.54, 1.807) is 19.1 Å². The predicted molar refractivity (Wildman–Crippen MR) is 89.6 cm³/mol. The highest BCUT2D eigenvalue weighted by molar-refractivity contribution is 7.92. The van der Waals surface area contributed by atoms with E-state index in [1.165, 1.54) is 12.1 Å². The lowest BCUT2D eigenvalue weighted by Crippen LogP contribution is -2.13. The van der Waals surface area contributed by atoms with Crippen molar-refractivity contribution in [1.29, 1.82) is 0 Å². The summed E-state index contributed by atoms with van der Waals surface area (Å²) < 4.78 is 33.0. The van der Waals surface area contributed by atoms with Crippen LogP contribution in [0.5, 0.6) is 5.75 Å². The van der Waals surface area contributed by atoms with Gasteiger partial charge in [-0.3, -0.25) is 9.82 Å². The molecule has 3 aromatic rings. The van der Waals surface area contributed by atoms with Crippen molar-refractivity contribution >= 4 is 26.9 Å². The zero-order valence-corrected chi connectivity index (χ0v) is 14.3. The zero-order valence-electron chi connectivity index (χ0n) is 13.5. The number of sulfonamides is 1. The minimum absolute atomic E-state index is 0.124. The summed E-state index contributed by atoms with van der Waals surface area (Å²) in [6, 6.07) is 6.20. The molecule has 24 heavy (non-hydrogen) atoms. The van der Waals surface area contributed by atoms with Crippen LogP contribution in [0, 0.1) is 13.8 Å². The maximum absolute atomic E-state index is 12.6. The first-order valence-corrected chi connectivity index (χ1v) is 8.84. The normalized spacial score (nSPS) is 11.6. The van der Waals surface area contributed by atoms with Crippen molar-refractivity contribution in [3.05, 3.63) is 35.5 Å². The number of ether oxygens (including phenoxy) is 1. The maximum Gasteiger partial charge on any atom is 0.263 e. The van der Waals surface area contributed by atoms with Gasteiger partial charge in [0, 0.05) is 0 Å². The quantitative estimate of drug-likeness (QED) is 0.732. The third-order valence-corrected chi connectivity index (χ3v) is 5.00. The van der Waals surface area contributed by atoms with Crippen molar-refractivity contribution in [2.45, 2.75) is 25.7 Å². The monoisotopic (exact) mass is 347 g/mol. The summed E-state index contributed by atoms with van der Waals surface area (Å²) in [5.74, 6) is 0.817. The average Bonchev–Trinajstić information content (AvgIpc) is 2.95. The van der Waals surface area contributed by atoms with Crippen LogP contribution in [-0.4, -0.2) is 35.4 Å². The van der Waals surface area contributed by atoms with E-state index in [2.05, 4.69) is 25.1 Å². The van der Waals surface area contributed by atoms with Crippen molar-refractivity contribution in [2.75, 3.05) is 11.3 Å². The van der Waals surface area contributed by atoms with E-state index < -0.39 is 10.0 Å². The number of anilines is 1. The highest BCUT2D eigenvalue weighted by atomic mass is 32.2. The molecule has 0 spiro atoms. The van der Waals surface area contributed by atoms with Crippen molar-refractivity contribution in [3.8, 4) is 5.75 Å². The number of aromatic nitrogens is 4. The highest BCUT2D eigenvalue weighted by Crippen LogP contribution is 2.26. The van der Waals surface area contributed by atoms with Crippen molar-refractivity contribution in [1.82, 2.24) is 20.4 Å². The number of nitrogens with one attached hydrogen (secondary N) is 2. The molecule has 3 rings (SSSR count). The maximum atomic E-state index is 12.6.